The van der Waals surface area contributed by atoms with E-state index in [1.165, 1.54) is 0 Å². The lowest BCUT2D eigenvalue weighted by Crippen LogP contribution is -2.17. The number of ether oxygens (including phenoxy) is 2. The molecule has 1 aliphatic rings. The van der Waals surface area contributed by atoms with Gasteiger partial charge in [-0.1, -0.05) is 35.9 Å². The van der Waals surface area contributed by atoms with Gasteiger partial charge in [0.2, 0.25) is 0 Å². The SMILES string of the molecule is Clc1cccc(CC(Cl)c2cccc3c2OCCO3)c1. The molecule has 1 heterocycles. The molecule has 2 nitrogen and oxygen atoms in total. The number of fused-ring (bicyclic) bond motifs is 1. The molecule has 2 aromatic carbocycles. The van der Waals surface area contributed by atoms with Crippen molar-refractivity contribution in [2.45, 2.75) is 11.8 Å². The summed E-state index contributed by atoms with van der Waals surface area (Å²) in [6.45, 7) is 1.14. The Hall–Kier alpha value is -1.38. The Morgan fingerprint density at radius 1 is 1.05 bits per heavy atom. The summed E-state index contributed by atoms with van der Waals surface area (Å²) in [4.78, 5) is 0. The molecule has 1 aliphatic heterocycles. The van der Waals surface area contributed by atoms with Crippen LogP contribution in [0.4, 0.5) is 0 Å². The Morgan fingerprint density at radius 3 is 2.70 bits per heavy atom. The molecule has 0 saturated heterocycles. The Morgan fingerprint density at radius 2 is 1.85 bits per heavy atom. The first kappa shape index (κ1) is 13.6. The van der Waals surface area contributed by atoms with E-state index < -0.39 is 0 Å². The highest BCUT2D eigenvalue weighted by atomic mass is 35.5. The fourth-order valence-electron chi connectivity index (χ4n) is 2.32. The topological polar surface area (TPSA) is 18.5 Å². The molecule has 0 saturated carbocycles. The molecule has 0 fully saturated rings. The zero-order valence-corrected chi connectivity index (χ0v) is 12.3. The van der Waals surface area contributed by atoms with Crippen LogP contribution >= 0.6 is 23.2 Å². The van der Waals surface area contributed by atoms with Gasteiger partial charge in [-0.2, -0.15) is 0 Å². The molecule has 0 radical (unpaired) electrons. The molecule has 2 aromatic rings. The number of hydrogen-bond acceptors (Lipinski definition) is 2. The van der Waals surface area contributed by atoms with Gasteiger partial charge in [-0.05, 0) is 30.2 Å². The average Bonchev–Trinajstić information content (AvgIpc) is 2.46. The standard InChI is InChI=1S/C16H14Cl2O2/c17-12-4-1-3-11(9-12)10-14(18)13-5-2-6-15-16(13)20-8-7-19-15/h1-6,9,14H,7-8,10H2. The second-order valence-electron chi connectivity index (χ2n) is 4.67. The number of alkyl halides is 1. The summed E-state index contributed by atoms with van der Waals surface area (Å²) in [7, 11) is 0. The Bertz CT molecular complexity index is 613. The van der Waals surface area contributed by atoms with E-state index in [0.29, 0.717) is 19.6 Å². The highest BCUT2D eigenvalue weighted by molar-refractivity contribution is 6.30. The van der Waals surface area contributed by atoms with E-state index >= 15 is 0 Å². The number of hydrogen-bond donors (Lipinski definition) is 0. The van der Waals surface area contributed by atoms with Crippen LogP contribution in [0.3, 0.4) is 0 Å². The van der Waals surface area contributed by atoms with Crippen LogP contribution in [0.25, 0.3) is 0 Å². The van der Waals surface area contributed by atoms with Crippen LogP contribution in [0, 0.1) is 0 Å². The Labute approximate surface area is 128 Å². The van der Waals surface area contributed by atoms with E-state index in [4.69, 9.17) is 32.7 Å². The van der Waals surface area contributed by atoms with Crippen LogP contribution in [-0.4, -0.2) is 13.2 Å². The van der Waals surface area contributed by atoms with Gasteiger partial charge >= 0.3 is 0 Å². The molecule has 0 amide bonds. The highest BCUT2D eigenvalue weighted by Gasteiger charge is 2.20. The average molecular weight is 309 g/mol. The van der Waals surface area contributed by atoms with E-state index in [9.17, 15) is 0 Å². The van der Waals surface area contributed by atoms with Crippen LogP contribution in [0.5, 0.6) is 11.5 Å². The molecule has 0 bridgehead atoms. The predicted octanol–water partition coefficient (Wildman–Crippen LogP) is 4.63. The van der Waals surface area contributed by atoms with Crippen molar-refractivity contribution in [3.05, 3.63) is 58.6 Å². The molecule has 1 unspecified atom stereocenters. The third-order valence-corrected chi connectivity index (χ3v) is 3.86. The van der Waals surface area contributed by atoms with Gasteiger partial charge in [-0.25, -0.2) is 0 Å². The van der Waals surface area contributed by atoms with Gasteiger partial charge < -0.3 is 9.47 Å². The van der Waals surface area contributed by atoms with E-state index in [2.05, 4.69) is 0 Å². The lowest BCUT2D eigenvalue weighted by Gasteiger charge is -2.22. The van der Waals surface area contributed by atoms with Gasteiger partial charge in [0.25, 0.3) is 0 Å². The molecule has 4 heteroatoms. The number of rotatable bonds is 3. The molecular formula is C16H14Cl2O2. The molecule has 0 aliphatic carbocycles. The van der Waals surface area contributed by atoms with Crippen molar-refractivity contribution < 1.29 is 9.47 Å². The minimum atomic E-state index is -0.176. The zero-order chi connectivity index (χ0) is 13.9. The van der Waals surface area contributed by atoms with Crippen molar-refractivity contribution in [1.29, 1.82) is 0 Å². The molecular weight excluding hydrogens is 295 g/mol. The predicted molar refractivity (Wildman–Crippen MR) is 81.2 cm³/mol. The molecule has 0 spiro atoms. The van der Waals surface area contributed by atoms with Crippen LogP contribution in [-0.2, 0) is 6.42 Å². The quantitative estimate of drug-likeness (QED) is 0.769. The number of halogens is 2. The number of benzene rings is 2. The van der Waals surface area contributed by atoms with Crippen molar-refractivity contribution in [2.75, 3.05) is 13.2 Å². The summed E-state index contributed by atoms with van der Waals surface area (Å²) >= 11 is 12.6. The van der Waals surface area contributed by atoms with Gasteiger partial charge in [0, 0.05) is 10.6 Å². The summed E-state index contributed by atoms with van der Waals surface area (Å²) in [6.07, 6.45) is 0.696. The van der Waals surface area contributed by atoms with E-state index in [0.717, 1.165) is 27.6 Å². The summed E-state index contributed by atoms with van der Waals surface area (Å²) < 4.78 is 11.3. The van der Waals surface area contributed by atoms with Crippen molar-refractivity contribution in [2.24, 2.45) is 0 Å². The highest BCUT2D eigenvalue weighted by Crippen LogP contribution is 2.40. The molecule has 104 valence electrons. The second kappa shape index (κ2) is 5.94. The van der Waals surface area contributed by atoms with Gasteiger partial charge in [-0.15, -0.1) is 11.6 Å². The van der Waals surface area contributed by atoms with E-state index in [1.54, 1.807) is 0 Å². The minimum absolute atomic E-state index is 0.176. The summed E-state index contributed by atoms with van der Waals surface area (Å²) in [6, 6.07) is 13.6. The van der Waals surface area contributed by atoms with Crippen molar-refractivity contribution in [3.8, 4) is 11.5 Å². The monoisotopic (exact) mass is 308 g/mol. The third kappa shape index (κ3) is 2.87. The third-order valence-electron chi connectivity index (χ3n) is 3.24. The largest absolute Gasteiger partial charge is 0.486 e. The first-order chi connectivity index (χ1) is 9.74. The zero-order valence-electron chi connectivity index (χ0n) is 10.8. The molecule has 0 aromatic heterocycles. The fourth-order valence-corrected chi connectivity index (χ4v) is 2.89. The van der Waals surface area contributed by atoms with Gasteiger partial charge in [0.15, 0.2) is 11.5 Å². The van der Waals surface area contributed by atoms with Crippen LogP contribution in [0.15, 0.2) is 42.5 Å². The lowest BCUT2D eigenvalue weighted by molar-refractivity contribution is 0.170. The first-order valence-electron chi connectivity index (χ1n) is 6.51. The molecule has 0 N–H and O–H groups in total. The second-order valence-corrected chi connectivity index (χ2v) is 5.64. The number of para-hydroxylation sites is 1. The van der Waals surface area contributed by atoms with Crippen molar-refractivity contribution in [1.82, 2.24) is 0 Å². The molecule has 20 heavy (non-hydrogen) atoms. The van der Waals surface area contributed by atoms with E-state index in [-0.39, 0.29) is 5.38 Å². The fraction of sp³-hybridized carbons (Fsp3) is 0.250. The maximum Gasteiger partial charge on any atom is 0.166 e. The van der Waals surface area contributed by atoms with Crippen LogP contribution in [0.2, 0.25) is 5.02 Å². The van der Waals surface area contributed by atoms with E-state index in [1.807, 2.05) is 42.5 Å². The van der Waals surface area contributed by atoms with Gasteiger partial charge in [0.05, 0.1) is 5.38 Å². The Balaban J connectivity index is 1.85. The molecule has 1 atom stereocenters. The maximum atomic E-state index is 6.55. The summed E-state index contributed by atoms with van der Waals surface area (Å²) in [5.74, 6) is 1.53. The van der Waals surface area contributed by atoms with Crippen LogP contribution < -0.4 is 9.47 Å². The maximum absolute atomic E-state index is 6.55. The lowest BCUT2D eigenvalue weighted by atomic mass is 10.0. The molecule has 3 rings (SSSR count). The van der Waals surface area contributed by atoms with Crippen molar-refractivity contribution in [3.63, 3.8) is 0 Å². The first-order valence-corrected chi connectivity index (χ1v) is 7.32. The summed E-state index contributed by atoms with van der Waals surface area (Å²) in [5, 5.41) is 0.547. The van der Waals surface area contributed by atoms with Gasteiger partial charge in [0.1, 0.15) is 13.2 Å². The normalized spacial score (nSPS) is 14.9. The minimum Gasteiger partial charge on any atom is -0.486 e. The van der Waals surface area contributed by atoms with Crippen molar-refractivity contribution >= 4 is 23.2 Å². The van der Waals surface area contributed by atoms with Gasteiger partial charge in [-0.3, -0.25) is 0 Å². The summed E-state index contributed by atoms with van der Waals surface area (Å²) in [5.41, 5.74) is 2.07. The Kier molecular flexibility index (Phi) is 4.04. The van der Waals surface area contributed by atoms with Crippen LogP contribution in [0.1, 0.15) is 16.5 Å². The smallest absolute Gasteiger partial charge is 0.166 e.